The molecule has 0 heterocycles. The molecule has 0 aliphatic heterocycles. The topological polar surface area (TPSA) is 130 Å². The molecule has 0 radical (unpaired) electrons. The summed E-state index contributed by atoms with van der Waals surface area (Å²) in [6, 6.07) is 2.74. The lowest BCUT2D eigenvalue weighted by atomic mass is 9.63. The predicted molar refractivity (Wildman–Crippen MR) is 97.9 cm³/mol. The summed E-state index contributed by atoms with van der Waals surface area (Å²) < 4.78 is 5.51. The van der Waals surface area contributed by atoms with Gasteiger partial charge in [0.05, 0.1) is 21.5 Å². The second kappa shape index (κ2) is 7.65. The number of carbonyl (C=O) groups excluding carboxylic acids is 2. The zero-order chi connectivity index (χ0) is 20.5. The molecule has 3 atom stereocenters. The highest BCUT2D eigenvalue weighted by Crippen LogP contribution is 2.48. The van der Waals surface area contributed by atoms with Gasteiger partial charge in [-0.05, 0) is 38.0 Å². The van der Waals surface area contributed by atoms with E-state index in [2.05, 4.69) is 0 Å². The molecule has 2 aliphatic rings. The second-order valence-electron chi connectivity index (χ2n) is 7.84. The van der Waals surface area contributed by atoms with Crippen LogP contribution in [-0.4, -0.2) is 27.7 Å². The van der Waals surface area contributed by atoms with Gasteiger partial charge in [0.2, 0.25) is 0 Å². The van der Waals surface area contributed by atoms with Gasteiger partial charge in [-0.2, -0.15) is 0 Å². The Bertz CT molecular complexity index is 805. The van der Waals surface area contributed by atoms with Crippen LogP contribution in [0.1, 0.15) is 62.2 Å². The smallest absolute Gasteiger partial charge is 0.338 e. The van der Waals surface area contributed by atoms with Gasteiger partial charge in [-0.15, -0.1) is 0 Å². The van der Waals surface area contributed by atoms with Gasteiger partial charge in [0, 0.05) is 24.0 Å². The standard InChI is InChI=1S/C19H22N2O7/c1-19-11-16(7-6-13(19)4-2-3-5-17(19)22)28-18(23)12-8-14(20(24)25)10-15(9-12)21(26)27/h8-10,13,16H,2-7,11H2,1H3/t13-,16-,19+/m0/s1. The lowest BCUT2D eigenvalue weighted by Gasteiger charge is -2.42. The molecular weight excluding hydrogens is 368 g/mol. The molecule has 0 aromatic heterocycles. The second-order valence-corrected chi connectivity index (χ2v) is 7.84. The van der Waals surface area contributed by atoms with Crippen molar-refractivity contribution in [2.75, 3.05) is 0 Å². The van der Waals surface area contributed by atoms with Gasteiger partial charge in [-0.3, -0.25) is 25.0 Å². The van der Waals surface area contributed by atoms with E-state index < -0.39 is 38.7 Å². The Hall–Kier alpha value is -2.84. The summed E-state index contributed by atoms with van der Waals surface area (Å²) in [6.45, 7) is 1.93. The molecule has 0 saturated heterocycles. The van der Waals surface area contributed by atoms with Gasteiger partial charge in [-0.25, -0.2) is 4.79 Å². The fourth-order valence-corrected chi connectivity index (χ4v) is 4.46. The van der Waals surface area contributed by atoms with Crippen LogP contribution >= 0.6 is 0 Å². The highest BCUT2D eigenvalue weighted by Gasteiger charge is 2.47. The Balaban J connectivity index is 1.79. The fraction of sp³-hybridized carbons (Fsp3) is 0.579. The number of ether oxygens (including phenoxy) is 1. The summed E-state index contributed by atoms with van der Waals surface area (Å²) in [5.41, 5.74) is -1.86. The summed E-state index contributed by atoms with van der Waals surface area (Å²) in [5, 5.41) is 22.0. The number of esters is 1. The molecule has 3 rings (SSSR count). The first kappa shape index (κ1) is 19.9. The summed E-state index contributed by atoms with van der Waals surface area (Å²) in [5.74, 6) is -0.377. The first-order valence-corrected chi connectivity index (χ1v) is 9.39. The predicted octanol–water partition coefficient (Wildman–Crippen LogP) is 3.98. The van der Waals surface area contributed by atoms with E-state index in [9.17, 15) is 29.8 Å². The Labute approximate surface area is 161 Å². The van der Waals surface area contributed by atoms with Crippen LogP contribution in [-0.2, 0) is 9.53 Å². The van der Waals surface area contributed by atoms with E-state index in [-0.39, 0.29) is 17.3 Å². The number of nitro benzene ring substituents is 2. The minimum absolute atomic E-state index is 0.196. The van der Waals surface area contributed by atoms with E-state index in [1.807, 2.05) is 6.92 Å². The van der Waals surface area contributed by atoms with Crippen LogP contribution in [0.15, 0.2) is 18.2 Å². The molecule has 0 unspecified atom stereocenters. The highest BCUT2D eigenvalue weighted by molar-refractivity contribution is 5.91. The van der Waals surface area contributed by atoms with E-state index in [0.29, 0.717) is 19.3 Å². The van der Waals surface area contributed by atoms with E-state index in [0.717, 1.165) is 43.9 Å². The number of benzene rings is 1. The van der Waals surface area contributed by atoms with Crippen LogP contribution in [0.3, 0.4) is 0 Å². The summed E-state index contributed by atoms with van der Waals surface area (Å²) >= 11 is 0. The van der Waals surface area contributed by atoms with Gasteiger partial charge >= 0.3 is 5.97 Å². The number of rotatable bonds is 4. The van der Waals surface area contributed by atoms with Crippen LogP contribution < -0.4 is 0 Å². The summed E-state index contributed by atoms with van der Waals surface area (Å²) in [4.78, 5) is 45.6. The molecule has 0 bridgehead atoms. The van der Waals surface area contributed by atoms with Crippen molar-refractivity contribution < 1.29 is 24.2 Å². The molecule has 0 N–H and O–H groups in total. The maximum absolute atomic E-state index is 12.6. The van der Waals surface area contributed by atoms with Crippen LogP contribution in [0.4, 0.5) is 11.4 Å². The average Bonchev–Trinajstić information content (AvgIpc) is 2.79. The Kier molecular flexibility index (Phi) is 5.44. The molecule has 2 fully saturated rings. The molecule has 1 aromatic carbocycles. The zero-order valence-electron chi connectivity index (χ0n) is 15.6. The molecule has 0 spiro atoms. The Morgan fingerprint density at radius 1 is 1.07 bits per heavy atom. The number of nitro groups is 2. The lowest BCUT2D eigenvalue weighted by molar-refractivity contribution is -0.394. The SMILES string of the molecule is C[C@@]12C[C@@H](OC(=O)c3cc([N+](=O)[O-])cc([N+](=O)[O-])c3)CC[C@@H]1CCCCC2=O. The molecule has 28 heavy (non-hydrogen) atoms. The van der Waals surface area contributed by atoms with Crippen molar-refractivity contribution in [3.8, 4) is 0 Å². The number of ketones is 1. The maximum atomic E-state index is 12.6. The van der Waals surface area contributed by atoms with Gasteiger partial charge in [-0.1, -0.05) is 13.3 Å². The number of hydrogen-bond acceptors (Lipinski definition) is 7. The molecule has 9 nitrogen and oxygen atoms in total. The number of carbonyl (C=O) groups is 2. The van der Waals surface area contributed by atoms with Gasteiger partial charge in [0.1, 0.15) is 11.9 Å². The molecule has 9 heteroatoms. The Morgan fingerprint density at radius 2 is 1.71 bits per heavy atom. The van der Waals surface area contributed by atoms with E-state index in [1.54, 1.807) is 0 Å². The first-order valence-electron chi connectivity index (χ1n) is 9.39. The van der Waals surface area contributed by atoms with Crippen LogP contribution in [0.25, 0.3) is 0 Å². The van der Waals surface area contributed by atoms with Crippen molar-refractivity contribution >= 4 is 23.1 Å². The van der Waals surface area contributed by atoms with Crippen molar-refractivity contribution in [3.63, 3.8) is 0 Å². The van der Waals surface area contributed by atoms with Crippen molar-refractivity contribution in [3.05, 3.63) is 44.0 Å². The number of Topliss-reactive ketones (excluding diaryl/α,β-unsaturated/α-hetero) is 1. The van der Waals surface area contributed by atoms with Gasteiger partial charge < -0.3 is 4.74 Å². The first-order chi connectivity index (χ1) is 13.2. The van der Waals surface area contributed by atoms with Crippen molar-refractivity contribution in [2.24, 2.45) is 11.3 Å². The quantitative estimate of drug-likeness (QED) is 0.432. The molecule has 2 aliphatic carbocycles. The van der Waals surface area contributed by atoms with Gasteiger partial charge in [0.15, 0.2) is 0 Å². The van der Waals surface area contributed by atoms with Gasteiger partial charge in [0.25, 0.3) is 11.4 Å². The molecular formula is C19H22N2O7. The fourth-order valence-electron chi connectivity index (χ4n) is 4.46. The van der Waals surface area contributed by atoms with E-state index in [1.165, 1.54) is 0 Å². The average molecular weight is 390 g/mol. The van der Waals surface area contributed by atoms with E-state index in [4.69, 9.17) is 4.74 Å². The number of non-ortho nitro benzene ring substituents is 2. The monoisotopic (exact) mass is 390 g/mol. The third-order valence-corrected chi connectivity index (χ3v) is 6.07. The molecule has 150 valence electrons. The molecule has 1 aromatic rings. The van der Waals surface area contributed by atoms with Crippen LogP contribution in [0.2, 0.25) is 0 Å². The minimum atomic E-state index is -0.847. The number of hydrogen-bond donors (Lipinski definition) is 0. The van der Waals surface area contributed by atoms with Crippen molar-refractivity contribution in [2.45, 2.75) is 58.0 Å². The normalized spacial score (nSPS) is 27.4. The number of fused-ring (bicyclic) bond motifs is 1. The Morgan fingerprint density at radius 3 is 2.32 bits per heavy atom. The van der Waals surface area contributed by atoms with Crippen molar-refractivity contribution in [1.29, 1.82) is 0 Å². The van der Waals surface area contributed by atoms with E-state index >= 15 is 0 Å². The van der Waals surface area contributed by atoms with Crippen LogP contribution in [0.5, 0.6) is 0 Å². The lowest BCUT2D eigenvalue weighted by Crippen LogP contribution is -2.43. The van der Waals surface area contributed by atoms with Crippen LogP contribution in [0, 0.1) is 31.6 Å². The molecule has 0 amide bonds. The maximum Gasteiger partial charge on any atom is 0.338 e. The highest BCUT2D eigenvalue weighted by atomic mass is 16.6. The van der Waals surface area contributed by atoms with Crippen molar-refractivity contribution in [1.82, 2.24) is 0 Å². The molecule has 2 saturated carbocycles. The summed E-state index contributed by atoms with van der Waals surface area (Å²) in [7, 11) is 0. The minimum Gasteiger partial charge on any atom is -0.459 e. The number of nitrogens with zero attached hydrogens (tertiary/aromatic N) is 2. The third-order valence-electron chi connectivity index (χ3n) is 6.07. The third kappa shape index (κ3) is 3.88. The largest absolute Gasteiger partial charge is 0.459 e. The summed E-state index contributed by atoms with van der Waals surface area (Å²) in [6.07, 6.45) is 4.73. The zero-order valence-corrected chi connectivity index (χ0v) is 15.6.